The second-order valence-electron chi connectivity index (χ2n) is 7.91. The molecule has 10 heteroatoms. The highest BCUT2D eigenvalue weighted by molar-refractivity contribution is 7.17. The van der Waals surface area contributed by atoms with Crippen LogP contribution in [0.4, 0.5) is 5.95 Å². The van der Waals surface area contributed by atoms with Gasteiger partial charge in [-0.05, 0) is 56.5 Å². The fourth-order valence-corrected chi connectivity index (χ4v) is 4.58. The first-order chi connectivity index (χ1) is 16.5. The SMILES string of the molecule is Cc1nc(-c2cnc(NCCNCCCCc3c[nH]c4ccc(C#N)cc34)nc2)sc1C(N)=O. The largest absolute Gasteiger partial charge is 0.365 e. The number of thiazole rings is 1. The van der Waals surface area contributed by atoms with Gasteiger partial charge >= 0.3 is 0 Å². The number of hydrogen-bond donors (Lipinski definition) is 4. The second-order valence-corrected chi connectivity index (χ2v) is 8.91. The Morgan fingerprint density at radius 2 is 2.03 bits per heavy atom. The molecular formula is C24H26N8OS. The summed E-state index contributed by atoms with van der Waals surface area (Å²) in [7, 11) is 0. The van der Waals surface area contributed by atoms with Crippen molar-refractivity contribution >= 4 is 34.1 Å². The maximum absolute atomic E-state index is 11.4. The van der Waals surface area contributed by atoms with E-state index in [1.54, 1.807) is 19.3 Å². The van der Waals surface area contributed by atoms with Gasteiger partial charge in [0.15, 0.2) is 0 Å². The molecule has 34 heavy (non-hydrogen) atoms. The number of carbonyl (C=O) groups is 1. The maximum atomic E-state index is 11.4. The highest BCUT2D eigenvalue weighted by Crippen LogP contribution is 2.27. The number of nitrogens with one attached hydrogen (secondary N) is 3. The molecule has 0 bridgehead atoms. The molecule has 0 atom stereocenters. The van der Waals surface area contributed by atoms with E-state index >= 15 is 0 Å². The van der Waals surface area contributed by atoms with E-state index in [0.717, 1.165) is 48.8 Å². The van der Waals surface area contributed by atoms with Gasteiger partial charge in [-0.25, -0.2) is 15.0 Å². The average Bonchev–Trinajstić information content (AvgIpc) is 3.44. The molecule has 0 saturated heterocycles. The van der Waals surface area contributed by atoms with Gasteiger partial charge in [-0.1, -0.05) is 0 Å². The molecule has 0 aliphatic rings. The quantitative estimate of drug-likeness (QED) is 0.244. The molecule has 0 aliphatic carbocycles. The summed E-state index contributed by atoms with van der Waals surface area (Å²) in [4.78, 5) is 28.2. The number of fused-ring (bicyclic) bond motifs is 1. The van der Waals surface area contributed by atoms with E-state index in [1.807, 2.05) is 24.4 Å². The smallest absolute Gasteiger partial charge is 0.260 e. The molecule has 0 spiro atoms. The number of H-pyrrole nitrogens is 1. The third kappa shape index (κ3) is 5.57. The van der Waals surface area contributed by atoms with E-state index in [2.05, 4.69) is 36.6 Å². The number of hydrogen-bond acceptors (Lipinski definition) is 8. The van der Waals surface area contributed by atoms with Crippen LogP contribution in [0.25, 0.3) is 21.5 Å². The Morgan fingerprint density at radius 1 is 1.21 bits per heavy atom. The van der Waals surface area contributed by atoms with Crippen LogP contribution in [0.1, 0.15) is 39.3 Å². The maximum Gasteiger partial charge on any atom is 0.260 e. The lowest BCUT2D eigenvalue weighted by Gasteiger charge is -2.07. The van der Waals surface area contributed by atoms with Crippen molar-refractivity contribution in [3.8, 4) is 16.6 Å². The monoisotopic (exact) mass is 474 g/mol. The van der Waals surface area contributed by atoms with Crippen LogP contribution in [-0.4, -0.2) is 45.5 Å². The summed E-state index contributed by atoms with van der Waals surface area (Å²) >= 11 is 1.25. The number of carbonyl (C=O) groups excluding carboxylic acids is 1. The number of amides is 1. The Labute approximate surface area is 201 Å². The van der Waals surface area contributed by atoms with Gasteiger partial charge in [0, 0.05) is 48.1 Å². The number of nitrogens with zero attached hydrogens (tertiary/aromatic N) is 4. The van der Waals surface area contributed by atoms with Crippen LogP contribution >= 0.6 is 11.3 Å². The fourth-order valence-electron chi connectivity index (χ4n) is 3.69. The van der Waals surface area contributed by atoms with E-state index < -0.39 is 5.91 Å². The van der Waals surface area contributed by atoms with Gasteiger partial charge in [-0.2, -0.15) is 5.26 Å². The first-order valence-electron chi connectivity index (χ1n) is 11.1. The molecule has 0 radical (unpaired) electrons. The number of aryl methyl sites for hydroxylation is 2. The molecule has 0 aliphatic heterocycles. The Bertz CT molecular complexity index is 1320. The van der Waals surface area contributed by atoms with Crippen molar-refractivity contribution in [1.82, 2.24) is 25.3 Å². The fraction of sp³-hybridized carbons (Fsp3) is 0.292. The number of aromatic amines is 1. The molecule has 3 aromatic heterocycles. The average molecular weight is 475 g/mol. The van der Waals surface area contributed by atoms with Gasteiger partial charge in [0.05, 0.1) is 17.3 Å². The van der Waals surface area contributed by atoms with Crippen LogP contribution in [0.3, 0.4) is 0 Å². The van der Waals surface area contributed by atoms with Crippen LogP contribution in [0.15, 0.2) is 36.8 Å². The number of aromatic nitrogens is 4. The van der Waals surface area contributed by atoms with E-state index in [9.17, 15) is 4.79 Å². The first kappa shape index (κ1) is 23.4. The molecule has 1 amide bonds. The molecule has 4 aromatic rings. The van der Waals surface area contributed by atoms with Gasteiger partial charge in [-0.3, -0.25) is 4.79 Å². The molecule has 174 valence electrons. The van der Waals surface area contributed by atoms with Crippen molar-refractivity contribution in [3.63, 3.8) is 0 Å². The standard InChI is InChI=1S/C24H26N8OS/c1-15-21(22(26)33)34-23(32-15)18-13-30-24(31-14-18)28-9-8-27-7-3-2-4-17-12-29-20-6-5-16(11-25)10-19(17)20/h5-6,10,12-14,27,29H,2-4,7-9H2,1H3,(H2,26,33)(H,28,30,31). The molecule has 3 heterocycles. The first-order valence-corrected chi connectivity index (χ1v) is 11.9. The summed E-state index contributed by atoms with van der Waals surface area (Å²) in [6.07, 6.45) is 8.54. The highest BCUT2D eigenvalue weighted by Gasteiger charge is 2.14. The van der Waals surface area contributed by atoms with Crippen LogP contribution in [0.5, 0.6) is 0 Å². The minimum atomic E-state index is -0.472. The molecule has 0 unspecified atom stereocenters. The van der Waals surface area contributed by atoms with Crippen LogP contribution in [0.2, 0.25) is 0 Å². The van der Waals surface area contributed by atoms with Gasteiger partial charge < -0.3 is 21.4 Å². The Kier molecular flexibility index (Phi) is 7.47. The van der Waals surface area contributed by atoms with Crippen molar-refractivity contribution in [2.24, 2.45) is 5.73 Å². The molecular weight excluding hydrogens is 448 g/mol. The van der Waals surface area contributed by atoms with E-state index in [-0.39, 0.29) is 0 Å². The number of primary amides is 1. The number of benzene rings is 1. The molecule has 9 nitrogen and oxygen atoms in total. The predicted molar refractivity (Wildman–Crippen MR) is 134 cm³/mol. The van der Waals surface area contributed by atoms with Crippen LogP contribution in [0, 0.1) is 18.3 Å². The number of unbranched alkanes of at least 4 members (excludes halogenated alkanes) is 1. The van der Waals surface area contributed by atoms with Crippen molar-refractivity contribution in [2.45, 2.75) is 26.2 Å². The Morgan fingerprint density at radius 3 is 2.76 bits per heavy atom. The van der Waals surface area contributed by atoms with Gasteiger partial charge in [-0.15, -0.1) is 11.3 Å². The minimum Gasteiger partial charge on any atom is -0.365 e. The van der Waals surface area contributed by atoms with Crippen molar-refractivity contribution in [2.75, 3.05) is 25.0 Å². The number of nitrogens with two attached hydrogens (primary N) is 1. The summed E-state index contributed by atoms with van der Waals surface area (Å²) in [5.74, 6) is 0.0742. The van der Waals surface area contributed by atoms with Crippen LogP contribution in [-0.2, 0) is 6.42 Å². The second kappa shape index (κ2) is 10.9. The molecule has 5 N–H and O–H groups in total. The summed E-state index contributed by atoms with van der Waals surface area (Å²) in [5.41, 5.74) is 9.76. The minimum absolute atomic E-state index is 0.456. The lowest BCUT2D eigenvalue weighted by atomic mass is 10.1. The molecule has 0 saturated carbocycles. The normalized spacial score (nSPS) is 10.9. The summed E-state index contributed by atoms with van der Waals surface area (Å²) in [6, 6.07) is 7.96. The van der Waals surface area contributed by atoms with E-state index in [1.165, 1.54) is 16.9 Å². The van der Waals surface area contributed by atoms with Gasteiger partial charge in [0.2, 0.25) is 5.95 Å². The third-order valence-corrected chi connectivity index (χ3v) is 6.67. The topological polar surface area (TPSA) is 145 Å². The van der Waals surface area contributed by atoms with Gasteiger partial charge in [0.1, 0.15) is 9.88 Å². The molecule has 4 rings (SSSR count). The van der Waals surface area contributed by atoms with Crippen molar-refractivity contribution < 1.29 is 4.79 Å². The zero-order chi connectivity index (χ0) is 23.9. The Hall–Kier alpha value is -3.81. The van der Waals surface area contributed by atoms with Crippen LogP contribution < -0.4 is 16.4 Å². The number of nitriles is 1. The summed E-state index contributed by atoms with van der Waals surface area (Å²) in [5, 5.41) is 17.5. The van der Waals surface area contributed by atoms with E-state index in [4.69, 9.17) is 11.0 Å². The van der Waals surface area contributed by atoms with Gasteiger partial charge in [0.25, 0.3) is 5.91 Å². The predicted octanol–water partition coefficient (Wildman–Crippen LogP) is 3.38. The third-order valence-electron chi connectivity index (χ3n) is 5.45. The molecule has 0 fully saturated rings. The van der Waals surface area contributed by atoms with Crippen molar-refractivity contribution in [1.29, 1.82) is 5.26 Å². The van der Waals surface area contributed by atoms with E-state index in [0.29, 0.717) is 33.6 Å². The Balaban J connectivity index is 1.14. The zero-order valence-electron chi connectivity index (χ0n) is 18.9. The zero-order valence-corrected chi connectivity index (χ0v) is 19.7. The summed E-state index contributed by atoms with van der Waals surface area (Å²) < 4.78 is 0. The van der Waals surface area contributed by atoms with Crippen molar-refractivity contribution in [3.05, 3.63) is 58.5 Å². The number of rotatable bonds is 11. The lowest BCUT2D eigenvalue weighted by molar-refractivity contribution is 0.100. The highest BCUT2D eigenvalue weighted by atomic mass is 32.1. The summed E-state index contributed by atoms with van der Waals surface area (Å²) in [6.45, 7) is 4.20. The molecule has 1 aromatic carbocycles. The number of anilines is 1. The lowest BCUT2D eigenvalue weighted by Crippen LogP contribution is -2.23.